The van der Waals surface area contributed by atoms with Gasteiger partial charge in [-0.1, -0.05) is 0 Å². The number of carbonyl (C=O) groups is 2. The van der Waals surface area contributed by atoms with Gasteiger partial charge in [-0.3, -0.25) is 9.59 Å². The average molecular weight is 181 g/mol. The maximum atomic E-state index is 10.4. The minimum atomic E-state index is -0.864. The second-order valence-electron chi connectivity index (χ2n) is 1.64. The molecular weight excluding hydrogens is 173 g/mol. The molecule has 0 saturated carbocycles. The van der Waals surface area contributed by atoms with E-state index in [0.29, 0.717) is 0 Å². The van der Waals surface area contributed by atoms with Gasteiger partial charge in [0.2, 0.25) is 5.12 Å². The molecule has 0 aliphatic rings. The van der Waals surface area contributed by atoms with Gasteiger partial charge in [-0.2, -0.15) is 0 Å². The fraction of sp³-hybridized carbons (Fsp3) is 0.500. The molecule has 0 spiro atoms. The SMILES string of the molecule is NC(CC(=O)OP)C(=O)S. The Labute approximate surface area is 66.2 Å². The maximum absolute atomic E-state index is 10.4. The molecule has 0 aromatic heterocycles. The van der Waals surface area contributed by atoms with E-state index in [-0.39, 0.29) is 6.42 Å². The summed E-state index contributed by atoms with van der Waals surface area (Å²) >= 11 is 3.43. The standard InChI is InChI=1S/C4H8NO3PS/c5-2(4(7)10)1-3(6)8-9/h2H,1,5,9H2,(H,7,10). The predicted molar refractivity (Wildman–Crippen MR) is 42.4 cm³/mol. The van der Waals surface area contributed by atoms with Crippen molar-refractivity contribution in [2.45, 2.75) is 12.5 Å². The Morgan fingerprint density at radius 2 is 2.20 bits per heavy atom. The van der Waals surface area contributed by atoms with Gasteiger partial charge in [0.15, 0.2) is 0 Å². The summed E-state index contributed by atoms with van der Waals surface area (Å²) in [6.07, 6.45) is -0.133. The van der Waals surface area contributed by atoms with Crippen molar-refractivity contribution >= 4 is 33.2 Å². The van der Waals surface area contributed by atoms with Crippen LogP contribution >= 0.6 is 22.1 Å². The molecule has 0 aliphatic heterocycles. The topological polar surface area (TPSA) is 69.4 Å². The molecule has 0 saturated heterocycles. The lowest BCUT2D eigenvalue weighted by atomic mass is 10.2. The monoisotopic (exact) mass is 181 g/mol. The molecule has 58 valence electrons. The molecule has 0 aliphatic carbocycles. The number of hydrogen-bond donors (Lipinski definition) is 2. The first-order chi connectivity index (χ1) is 4.57. The van der Waals surface area contributed by atoms with Crippen LogP contribution in [0.4, 0.5) is 0 Å². The molecule has 4 nitrogen and oxygen atoms in total. The second kappa shape index (κ2) is 4.66. The number of thiol groups is 1. The van der Waals surface area contributed by atoms with Crippen LogP contribution in [0.1, 0.15) is 6.42 Å². The zero-order valence-electron chi connectivity index (χ0n) is 5.11. The van der Waals surface area contributed by atoms with Crippen molar-refractivity contribution in [1.82, 2.24) is 0 Å². The smallest absolute Gasteiger partial charge is 0.309 e. The minimum Gasteiger partial charge on any atom is -0.451 e. The molecule has 0 fully saturated rings. The van der Waals surface area contributed by atoms with Crippen molar-refractivity contribution in [2.24, 2.45) is 5.73 Å². The van der Waals surface area contributed by atoms with Crippen molar-refractivity contribution in [3.63, 3.8) is 0 Å². The molecule has 0 rings (SSSR count). The van der Waals surface area contributed by atoms with Gasteiger partial charge in [-0.15, -0.1) is 12.6 Å². The van der Waals surface area contributed by atoms with Crippen LogP contribution in [0.25, 0.3) is 0 Å². The summed E-state index contributed by atoms with van der Waals surface area (Å²) in [6.45, 7) is 0. The minimum absolute atomic E-state index is 0.133. The Hall–Kier alpha value is -0.120. The van der Waals surface area contributed by atoms with Gasteiger partial charge in [0.1, 0.15) is 0 Å². The van der Waals surface area contributed by atoms with Crippen LogP contribution in [0.2, 0.25) is 0 Å². The summed E-state index contributed by atoms with van der Waals surface area (Å²) in [5.74, 6) is -0.542. The van der Waals surface area contributed by atoms with E-state index in [0.717, 1.165) is 0 Å². The number of nitrogens with two attached hydrogens (primary N) is 1. The van der Waals surface area contributed by atoms with Gasteiger partial charge < -0.3 is 10.3 Å². The Bertz CT molecular complexity index is 151. The van der Waals surface area contributed by atoms with Crippen LogP contribution in [-0.2, 0) is 14.1 Å². The molecule has 0 aromatic carbocycles. The first kappa shape index (κ1) is 9.88. The average Bonchev–Trinajstić information content (AvgIpc) is 1.87. The van der Waals surface area contributed by atoms with E-state index in [2.05, 4.69) is 17.2 Å². The summed E-state index contributed by atoms with van der Waals surface area (Å²) < 4.78 is 4.18. The fourth-order valence-electron chi connectivity index (χ4n) is 0.315. The molecule has 0 aromatic rings. The van der Waals surface area contributed by atoms with Gasteiger partial charge in [0, 0.05) is 0 Å². The maximum Gasteiger partial charge on any atom is 0.309 e. The van der Waals surface area contributed by atoms with E-state index in [4.69, 9.17) is 5.73 Å². The Kier molecular flexibility index (Phi) is 4.60. The van der Waals surface area contributed by atoms with Crippen molar-refractivity contribution in [3.8, 4) is 0 Å². The third kappa shape index (κ3) is 3.82. The Balaban J connectivity index is 3.68. The molecular formula is C4H8NO3PS. The van der Waals surface area contributed by atoms with Crippen molar-refractivity contribution in [2.75, 3.05) is 0 Å². The summed E-state index contributed by atoms with van der Waals surface area (Å²) in [5, 5.41) is -0.518. The zero-order chi connectivity index (χ0) is 8.15. The molecule has 0 heterocycles. The van der Waals surface area contributed by atoms with E-state index >= 15 is 0 Å². The van der Waals surface area contributed by atoms with E-state index in [1.807, 2.05) is 0 Å². The molecule has 2 N–H and O–H groups in total. The third-order valence-electron chi connectivity index (χ3n) is 0.835. The number of rotatable bonds is 3. The Morgan fingerprint density at radius 1 is 1.70 bits per heavy atom. The van der Waals surface area contributed by atoms with Gasteiger partial charge in [-0.05, 0) is 0 Å². The molecule has 10 heavy (non-hydrogen) atoms. The lowest BCUT2D eigenvalue weighted by Crippen LogP contribution is -2.29. The normalized spacial score (nSPS) is 12.3. The van der Waals surface area contributed by atoms with Gasteiger partial charge >= 0.3 is 5.97 Å². The first-order valence-corrected chi connectivity index (χ1v) is 3.37. The molecule has 6 heteroatoms. The zero-order valence-corrected chi connectivity index (χ0v) is 7.16. The summed E-state index contributed by atoms with van der Waals surface area (Å²) in [7, 11) is 1.78. The van der Waals surface area contributed by atoms with Crippen LogP contribution in [0.3, 0.4) is 0 Å². The van der Waals surface area contributed by atoms with E-state index in [1.54, 1.807) is 9.47 Å². The summed E-state index contributed by atoms with van der Waals surface area (Å²) in [4.78, 5) is 20.7. The predicted octanol–water partition coefficient (Wildman–Crippen LogP) is -0.507. The van der Waals surface area contributed by atoms with Crippen molar-refractivity contribution in [1.29, 1.82) is 0 Å². The highest BCUT2D eigenvalue weighted by atomic mass is 32.1. The van der Waals surface area contributed by atoms with Crippen LogP contribution < -0.4 is 5.73 Å². The quantitative estimate of drug-likeness (QED) is 0.454. The fourth-order valence-corrected chi connectivity index (χ4v) is 0.502. The molecule has 0 radical (unpaired) electrons. The molecule has 0 amide bonds. The van der Waals surface area contributed by atoms with E-state index in [1.165, 1.54) is 0 Å². The van der Waals surface area contributed by atoms with Gasteiger partial charge in [0.25, 0.3) is 0 Å². The molecule has 0 bridgehead atoms. The lowest BCUT2D eigenvalue weighted by molar-refractivity contribution is -0.134. The van der Waals surface area contributed by atoms with Crippen LogP contribution in [0.5, 0.6) is 0 Å². The number of carbonyl (C=O) groups excluding carboxylic acids is 2. The van der Waals surface area contributed by atoms with Crippen LogP contribution in [0.15, 0.2) is 0 Å². The van der Waals surface area contributed by atoms with Crippen molar-refractivity contribution in [3.05, 3.63) is 0 Å². The summed E-state index contributed by atoms with van der Waals surface area (Å²) in [6, 6.07) is -0.864. The lowest BCUT2D eigenvalue weighted by Gasteiger charge is -2.02. The van der Waals surface area contributed by atoms with Crippen LogP contribution in [0, 0.1) is 0 Å². The molecule has 2 atom stereocenters. The second-order valence-corrected chi connectivity index (χ2v) is 2.32. The Morgan fingerprint density at radius 3 is 2.50 bits per heavy atom. The highest BCUT2D eigenvalue weighted by molar-refractivity contribution is 7.96. The summed E-state index contributed by atoms with van der Waals surface area (Å²) in [5.41, 5.74) is 5.16. The van der Waals surface area contributed by atoms with Crippen molar-refractivity contribution < 1.29 is 14.1 Å². The molecule has 2 unspecified atom stereocenters. The third-order valence-corrected chi connectivity index (χ3v) is 1.43. The van der Waals surface area contributed by atoms with E-state index in [9.17, 15) is 9.59 Å². The highest BCUT2D eigenvalue weighted by Crippen LogP contribution is 1.98. The highest BCUT2D eigenvalue weighted by Gasteiger charge is 2.13. The van der Waals surface area contributed by atoms with Crippen LogP contribution in [-0.4, -0.2) is 17.1 Å². The largest absolute Gasteiger partial charge is 0.451 e. The first-order valence-electron chi connectivity index (χ1n) is 2.46. The van der Waals surface area contributed by atoms with Gasteiger partial charge in [0.05, 0.1) is 21.9 Å². The number of hydrogen-bond acceptors (Lipinski definition) is 4. The van der Waals surface area contributed by atoms with Gasteiger partial charge in [-0.25, -0.2) is 0 Å². The van der Waals surface area contributed by atoms with E-state index < -0.39 is 17.1 Å².